The van der Waals surface area contributed by atoms with Crippen LogP contribution < -0.4 is 10.6 Å². The fraction of sp³-hybridized carbons (Fsp3) is 0.655. The van der Waals surface area contributed by atoms with Crippen LogP contribution in [-0.4, -0.2) is 139 Å². The number of nitrogens with one attached hydrogen (secondary N) is 2. The zero-order valence-electron chi connectivity index (χ0n) is 24.9. The van der Waals surface area contributed by atoms with Gasteiger partial charge in [0.05, 0.1) is 104 Å². The standard InChI is InChI=1S/C29H42BrN3O11/c30-6-8-38-10-12-40-14-16-42-18-20-44-21-19-43-17-15-41-13-11-39-9-7-31-23-3-1-2-22-26(23)29(37)33(28(22)36)24-4-5-25(34)32-27(24)35/h1-3,24,31H,4-21H2,(H,32,34,35). The van der Waals surface area contributed by atoms with Crippen LogP contribution in [0.2, 0.25) is 0 Å². The van der Waals surface area contributed by atoms with Gasteiger partial charge in [0.1, 0.15) is 6.04 Å². The minimum atomic E-state index is -1.00. The summed E-state index contributed by atoms with van der Waals surface area (Å²) < 4.78 is 38.1. The Labute approximate surface area is 265 Å². The van der Waals surface area contributed by atoms with E-state index in [-0.39, 0.29) is 24.0 Å². The molecule has 0 radical (unpaired) electrons. The van der Waals surface area contributed by atoms with Gasteiger partial charge in [0.15, 0.2) is 0 Å². The van der Waals surface area contributed by atoms with Gasteiger partial charge in [0.25, 0.3) is 11.8 Å². The molecule has 14 nitrogen and oxygen atoms in total. The van der Waals surface area contributed by atoms with Crippen LogP contribution in [0.1, 0.15) is 33.6 Å². The number of benzene rings is 1. The van der Waals surface area contributed by atoms with E-state index in [4.69, 9.17) is 33.2 Å². The molecule has 1 unspecified atom stereocenters. The van der Waals surface area contributed by atoms with Crippen molar-refractivity contribution in [3.8, 4) is 0 Å². The second-order valence-corrected chi connectivity index (χ2v) is 10.4. The molecule has 0 bridgehead atoms. The zero-order valence-corrected chi connectivity index (χ0v) is 26.4. The number of amides is 4. The Kier molecular flexibility index (Phi) is 17.4. The molecular weight excluding hydrogens is 646 g/mol. The molecule has 2 heterocycles. The molecule has 1 atom stereocenters. The number of rotatable bonds is 25. The summed E-state index contributed by atoms with van der Waals surface area (Å²) in [6.45, 7) is 7.18. The van der Waals surface area contributed by atoms with E-state index in [2.05, 4.69) is 26.6 Å². The van der Waals surface area contributed by atoms with Gasteiger partial charge in [-0.2, -0.15) is 0 Å². The number of anilines is 1. The predicted molar refractivity (Wildman–Crippen MR) is 161 cm³/mol. The van der Waals surface area contributed by atoms with Crippen LogP contribution in [0.4, 0.5) is 5.69 Å². The number of nitrogens with zero attached hydrogens (tertiary/aromatic N) is 1. The van der Waals surface area contributed by atoms with Crippen molar-refractivity contribution in [2.45, 2.75) is 18.9 Å². The number of hydrogen-bond acceptors (Lipinski definition) is 12. The fourth-order valence-electron chi connectivity index (χ4n) is 4.40. The third-order valence-electron chi connectivity index (χ3n) is 6.48. The summed E-state index contributed by atoms with van der Waals surface area (Å²) in [6.07, 6.45) is 0.180. The molecule has 2 aliphatic heterocycles. The molecule has 0 saturated carbocycles. The molecule has 246 valence electrons. The number of carbonyl (C=O) groups is 4. The molecule has 1 fully saturated rings. The molecule has 3 rings (SSSR count). The topological polar surface area (TPSA) is 160 Å². The van der Waals surface area contributed by atoms with E-state index in [0.717, 1.165) is 10.2 Å². The first kappa shape index (κ1) is 36.0. The molecule has 2 aliphatic rings. The number of hydrogen-bond donors (Lipinski definition) is 2. The van der Waals surface area contributed by atoms with E-state index in [1.807, 2.05) is 0 Å². The van der Waals surface area contributed by atoms with Crippen molar-refractivity contribution in [3.63, 3.8) is 0 Å². The lowest BCUT2D eigenvalue weighted by molar-refractivity contribution is -0.136. The first-order valence-electron chi connectivity index (χ1n) is 14.7. The number of piperidine rings is 1. The maximum Gasteiger partial charge on any atom is 0.264 e. The highest BCUT2D eigenvalue weighted by Gasteiger charge is 2.45. The first-order valence-corrected chi connectivity index (χ1v) is 15.9. The predicted octanol–water partition coefficient (Wildman–Crippen LogP) is 1.01. The Balaban J connectivity index is 1.14. The fourth-order valence-corrected chi connectivity index (χ4v) is 4.63. The van der Waals surface area contributed by atoms with Gasteiger partial charge in [0.2, 0.25) is 11.8 Å². The van der Waals surface area contributed by atoms with Crippen molar-refractivity contribution in [1.29, 1.82) is 0 Å². The first-order chi connectivity index (χ1) is 21.5. The van der Waals surface area contributed by atoms with Crippen molar-refractivity contribution >= 4 is 45.2 Å². The smallest absolute Gasteiger partial charge is 0.264 e. The van der Waals surface area contributed by atoms with E-state index in [1.54, 1.807) is 18.2 Å². The molecule has 15 heteroatoms. The third kappa shape index (κ3) is 12.1. The SMILES string of the molecule is O=C1CCC(N2C(=O)c3cccc(NCCOCCOCCOCCOCCOCCOCCOCCBr)c3C2=O)C(=O)N1. The van der Waals surface area contributed by atoms with E-state index in [9.17, 15) is 19.2 Å². The Morgan fingerprint density at radius 2 is 1.20 bits per heavy atom. The average Bonchev–Trinajstić information content (AvgIpc) is 3.27. The number of carbonyl (C=O) groups excluding carboxylic acids is 4. The van der Waals surface area contributed by atoms with Gasteiger partial charge in [-0.05, 0) is 18.6 Å². The largest absolute Gasteiger partial charge is 0.382 e. The number of halogens is 1. The molecule has 4 amide bonds. The molecule has 1 aromatic rings. The molecule has 44 heavy (non-hydrogen) atoms. The van der Waals surface area contributed by atoms with Crippen molar-refractivity contribution in [2.24, 2.45) is 0 Å². The highest BCUT2D eigenvalue weighted by Crippen LogP contribution is 2.32. The second-order valence-electron chi connectivity index (χ2n) is 9.58. The molecule has 0 aliphatic carbocycles. The number of imide groups is 2. The highest BCUT2D eigenvalue weighted by atomic mass is 79.9. The number of ether oxygens (including phenoxy) is 7. The van der Waals surface area contributed by atoms with Gasteiger partial charge in [-0.1, -0.05) is 22.0 Å². The molecule has 1 aromatic carbocycles. The Hall–Kier alpha value is -2.50. The summed E-state index contributed by atoms with van der Waals surface area (Å²) >= 11 is 3.29. The maximum absolute atomic E-state index is 13.1. The summed E-state index contributed by atoms with van der Waals surface area (Å²) in [4.78, 5) is 50.7. The summed E-state index contributed by atoms with van der Waals surface area (Å²) in [5.41, 5.74) is 0.923. The maximum atomic E-state index is 13.1. The van der Waals surface area contributed by atoms with Gasteiger partial charge >= 0.3 is 0 Å². The highest BCUT2D eigenvalue weighted by molar-refractivity contribution is 9.09. The average molecular weight is 689 g/mol. The zero-order chi connectivity index (χ0) is 31.4. The number of fused-ring (bicyclic) bond motifs is 1. The van der Waals surface area contributed by atoms with E-state index in [0.29, 0.717) is 105 Å². The van der Waals surface area contributed by atoms with Gasteiger partial charge in [-0.3, -0.25) is 29.4 Å². The van der Waals surface area contributed by atoms with Crippen LogP contribution in [-0.2, 0) is 42.7 Å². The van der Waals surface area contributed by atoms with Gasteiger partial charge in [0, 0.05) is 24.0 Å². The van der Waals surface area contributed by atoms with Crippen LogP contribution in [0.5, 0.6) is 0 Å². The number of alkyl halides is 1. The second kappa shape index (κ2) is 21.3. The van der Waals surface area contributed by atoms with Crippen LogP contribution in [0.15, 0.2) is 18.2 Å². The van der Waals surface area contributed by atoms with E-state index < -0.39 is 29.7 Å². The van der Waals surface area contributed by atoms with Crippen molar-refractivity contribution in [2.75, 3.05) is 110 Å². The molecule has 0 spiro atoms. The lowest BCUT2D eigenvalue weighted by Gasteiger charge is -2.27. The summed E-state index contributed by atoms with van der Waals surface area (Å²) in [7, 11) is 0. The lowest BCUT2D eigenvalue weighted by atomic mass is 10.0. The lowest BCUT2D eigenvalue weighted by Crippen LogP contribution is -2.54. The Morgan fingerprint density at radius 1 is 0.705 bits per heavy atom. The monoisotopic (exact) mass is 687 g/mol. The summed E-state index contributed by atoms with van der Waals surface area (Å²) in [5, 5.41) is 6.14. The summed E-state index contributed by atoms with van der Waals surface area (Å²) in [5.74, 6) is -2.15. The molecular formula is C29H42BrN3O11. The minimum Gasteiger partial charge on any atom is -0.382 e. The third-order valence-corrected chi connectivity index (χ3v) is 6.81. The van der Waals surface area contributed by atoms with Gasteiger partial charge in [-0.15, -0.1) is 0 Å². The van der Waals surface area contributed by atoms with Gasteiger partial charge in [-0.25, -0.2) is 0 Å². The minimum absolute atomic E-state index is 0.0710. The Bertz CT molecular complexity index is 1060. The van der Waals surface area contributed by atoms with Crippen LogP contribution >= 0.6 is 15.9 Å². The summed E-state index contributed by atoms with van der Waals surface area (Å²) in [6, 6.07) is 3.92. The van der Waals surface area contributed by atoms with Crippen LogP contribution in [0, 0.1) is 0 Å². The van der Waals surface area contributed by atoms with Crippen LogP contribution in [0.3, 0.4) is 0 Å². The molecule has 1 saturated heterocycles. The van der Waals surface area contributed by atoms with Crippen molar-refractivity contribution in [1.82, 2.24) is 10.2 Å². The molecule has 0 aromatic heterocycles. The Morgan fingerprint density at radius 3 is 1.70 bits per heavy atom. The van der Waals surface area contributed by atoms with E-state index in [1.165, 1.54) is 0 Å². The molecule has 2 N–H and O–H groups in total. The van der Waals surface area contributed by atoms with Crippen LogP contribution in [0.25, 0.3) is 0 Å². The quantitative estimate of drug-likeness (QED) is 0.0855. The van der Waals surface area contributed by atoms with Gasteiger partial charge < -0.3 is 38.5 Å². The normalized spacial score (nSPS) is 16.5. The van der Waals surface area contributed by atoms with Crippen molar-refractivity contribution in [3.05, 3.63) is 29.3 Å². The van der Waals surface area contributed by atoms with E-state index >= 15 is 0 Å². The van der Waals surface area contributed by atoms with Crippen molar-refractivity contribution < 1.29 is 52.3 Å².